The number of nitrogens with zero attached hydrogens (tertiary/aromatic N) is 3. The molecule has 9 aromatic carbocycles. The summed E-state index contributed by atoms with van der Waals surface area (Å²) in [5, 5.41) is 0. The van der Waals surface area contributed by atoms with Crippen LogP contribution < -0.4 is 0 Å². The summed E-state index contributed by atoms with van der Waals surface area (Å²) >= 11 is 1.88. The van der Waals surface area contributed by atoms with Crippen molar-refractivity contribution in [3.8, 4) is 56.4 Å². The van der Waals surface area contributed by atoms with Gasteiger partial charge in [0.2, 0.25) is 0 Å². The topological polar surface area (TPSA) is 38.7 Å². The summed E-state index contributed by atoms with van der Waals surface area (Å²) in [5.74, 6) is 1.92. The summed E-state index contributed by atoms with van der Waals surface area (Å²) in [4.78, 5) is 18.2. The highest BCUT2D eigenvalue weighted by atomic mass is 32.2. The van der Waals surface area contributed by atoms with Gasteiger partial charge in [-0.3, -0.25) is 0 Å². The van der Waals surface area contributed by atoms with E-state index in [0.717, 1.165) is 27.8 Å². The third-order valence-corrected chi connectivity index (χ3v) is 14.6. The first-order valence-corrected chi connectivity index (χ1v) is 22.3. The Morgan fingerprint density at radius 3 is 1.24 bits per heavy atom. The lowest BCUT2D eigenvalue weighted by molar-refractivity contribution is 0.605. The van der Waals surface area contributed by atoms with Crippen molar-refractivity contribution in [3.05, 3.63) is 269 Å². The van der Waals surface area contributed by atoms with E-state index in [1.54, 1.807) is 0 Å². The van der Waals surface area contributed by atoms with Crippen molar-refractivity contribution in [2.24, 2.45) is 0 Å². The fourth-order valence-corrected chi connectivity index (χ4v) is 12.2. The lowest BCUT2D eigenvalue weighted by Gasteiger charge is -2.51. The Morgan fingerprint density at radius 1 is 0.254 bits per heavy atom. The first-order valence-electron chi connectivity index (χ1n) is 21.5. The zero-order chi connectivity index (χ0) is 41.5. The molecule has 63 heavy (non-hydrogen) atoms. The van der Waals surface area contributed by atoms with Crippen molar-refractivity contribution in [1.82, 2.24) is 15.0 Å². The van der Waals surface area contributed by atoms with Crippen molar-refractivity contribution in [2.45, 2.75) is 20.6 Å². The summed E-state index contributed by atoms with van der Waals surface area (Å²) in [5.41, 5.74) is 16.9. The van der Waals surface area contributed by atoms with Crippen molar-refractivity contribution in [3.63, 3.8) is 0 Å². The summed E-state index contributed by atoms with van der Waals surface area (Å²) in [6.07, 6.45) is 0. The quantitative estimate of drug-likeness (QED) is 0.177. The van der Waals surface area contributed by atoms with E-state index >= 15 is 0 Å². The molecule has 0 atom stereocenters. The number of rotatable bonds is 4. The molecule has 3 nitrogen and oxygen atoms in total. The Kier molecular flexibility index (Phi) is 7.97. The van der Waals surface area contributed by atoms with Gasteiger partial charge in [0, 0.05) is 26.5 Å². The van der Waals surface area contributed by atoms with E-state index in [9.17, 15) is 0 Å². The Labute approximate surface area is 370 Å². The first kappa shape index (κ1) is 36.0. The molecule has 0 bridgehead atoms. The molecule has 0 fully saturated rings. The number of benzene rings is 9. The molecule has 0 radical (unpaired) electrons. The van der Waals surface area contributed by atoms with Crippen LogP contribution in [-0.4, -0.2) is 15.0 Å². The third kappa shape index (κ3) is 5.13. The standard InChI is InChI=1S/C59H37N3S/c1-3-18-38(19-4-1)40-22-17-23-41(36-40)56-60-55(39-20-5-2-6-21-39)61-57(62-56)42-34-35-46-44(37-42)43-24-7-8-25-45(43)58(46)47-26-9-11-28-49(47)59(50-29-12-10-27-48(50)58)51-30-13-15-32-53(51)63-54-33-16-14-31-52(54)59/h1-37H. The van der Waals surface area contributed by atoms with E-state index in [1.165, 1.54) is 65.4 Å². The monoisotopic (exact) mass is 819 g/mol. The van der Waals surface area contributed by atoms with Crippen LogP contribution in [-0.2, 0) is 10.8 Å². The molecule has 4 heteroatoms. The zero-order valence-corrected chi connectivity index (χ0v) is 34.9. The highest BCUT2D eigenvalue weighted by molar-refractivity contribution is 7.99. The molecule has 2 spiro atoms. The second kappa shape index (κ2) is 13.9. The highest BCUT2D eigenvalue weighted by Gasteiger charge is 2.58. The number of aromatic nitrogens is 3. The van der Waals surface area contributed by atoms with Crippen LogP contribution in [0.5, 0.6) is 0 Å². The van der Waals surface area contributed by atoms with Crippen molar-refractivity contribution >= 4 is 11.8 Å². The first-order chi connectivity index (χ1) is 31.2. The molecule has 0 saturated heterocycles. The van der Waals surface area contributed by atoms with Crippen LogP contribution in [0.3, 0.4) is 0 Å². The second-order valence-electron chi connectivity index (χ2n) is 16.6. The summed E-state index contributed by atoms with van der Waals surface area (Å²) < 4.78 is 0. The van der Waals surface area contributed by atoms with Gasteiger partial charge < -0.3 is 0 Å². The zero-order valence-electron chi connectivity index (χ0n) is 34.1. The molecular weight excluding hydrogens is 783 g/mol. The van der Waals surface area contributed by atoms with Crippen LogP contribution in [0.15, 0.2) is 234 Å². The van der Waals surface area contributed by atoms with E-state index in [-0.39, 0.29) is 0 Å². The Bertz CT molecular complexity index is 3350. The van der Waals surface area contributed by atoms with Crippen molar-refractivity contribution < 1.29 is 0 Å². The van der Waals surface area contributed by atoms with Gasteiger partial charge in [-0.25, -0.2) is 15.0 Å². The summed E-state index contributed by atoms with van der Waals surface area (Å²) in [7, 11) is 0. The predicted molar refractivity (Wildman–Crippen MR) is 255 cm³/mol. The molecule has 1 aromatic heterocycles. The Hall–Kier alpha value is -7.66. The maximum atomic E-state index is 5.27. The van der Waals surface area contributed by atoms with E-state index in [2.05, 4.69) is 200 Å². The molecule has 294 valence electrons. The lowest BCUT2D eigenvalue weighted by atomic mass is 9.51. The summed E-state index contributed by atoms with van der Waals surface area (Å²) in [6, 6.07) is 81.8. The minimum absolute atomic E-state index is 0.512. The van der Waals surface area contributed by atoms with Gasteiger partial charge in [-0.15, -0.1) is 0 Å². The maximum Gasteiger partial charge on any atom is 0.164 e. The molecule has 0 amide bonds. The molecule has 0 unspecified atom stereocenters. The normalized spacial score (nSPS) is 14.2. The number of hydrogen-bond acceptors (Lipinski definition) is 4. The van der Waals surface area contributed by atoms with Gasteiger partial charge in [0.15, 0.2) is 17.5 Å². The van der Waals surface area contributed by atoms with E-state index in [0.29, 0.717) is 17.5 Å². The molecule has 0 N–H and O–H groups in total. The average molecular weight is 820 g/mol. The minimum atomic E-state index is -0.575. The number of fused-ring (bicyclic) bond motifs is 15. The van der Waals surface area contributed by atoms with Crippen molar-refractivity contribution in [1.29, 1.82) is 0 Å². The van der Waals surface area contributed by atoms with Crippen LogP contribution in [0.1, 0.15) is 44.5 Å². The molecule has 2 aliphatic carbocycles. The average Bonchev–Trinajstić information content (AvgIpc) is 3.66. The smallest absolute Gasteiger partial charge is 0.164 e. The van der Waals surface area contributed by atoms with Crippen LogP contribution in [0.25, 0.3) is 56.4 Å². The maximum absolute atomic E-state index is 5.27. The van der Waals surface area contributed by atoms with Gasteiger partial charge in [0.05, 0.1) is 10.8 Å². The van der Waals surface area contributed by atoms with Gasteiger partial charge >= 0.3 is 0 Å². The largest absolute Gasteiger partial charge is 0.208 e. The predicted octanol–water partition coefficient (Wildman–Crippen LogP) is 14.1. The van der Waals surface area contributed by atoms with Gasteiger partial charge in [0.1, 0.15) is 0 Å². The fourth-order valence-electron chi connectivity index (χ4n) is 11.0. The molecule has 0 saturated carbocycles. The van der Waals surface area contributed by atoms with Crippen molar-refractivity contribution in [2.75, 3.05) is 0 Å². The van der Waals surface area contributed by atoms with Gasteiger partial charge in [-0.1, -0.05) is 212 Å². The lowest BCUT2D eigenvalue weighted by Crippen LogP contribution is -2.45. The molecule has 10 aromatic rings. The van der Waals surface area contributed by atoms with E-state index in [4.69, 9.17) is 15.0 Å². The van der Waals surface area contributed by atoms with Gasteiger partial charge in [0.25, 0.3) is 0 Å². The third-order valence-electron chi connectivity index (χ3n) is 13.5. The Morgan fingerprint density at radius 2 is 0.651 bits per heavy atom. The van der Waals surface area contributed by atoms with E-state index < -0.39 is 10.8 Å². The fraction of sp³-hybridized carbons (Fsp3) is 0.0339. The molecule has 13 rings (SSSR count). The van der Waals surface area contributed by atoms with E-state index in [1.807, 2.05) is 36.0 Å². The van der Waals surface area contributed by atoms with Gasteiger partial charge in [-0.05, 0) is 91.0 Å². The molecule has 1 aliphatic heterocycles. The Balaban J connectivity index is 1.05. The minimum Gasteiger partial charge on any atom is -0.208 e. The molecule has 3 aliphatic rings. The SMILES string of the molecule is c1ccc(-c2cccc(-c3nc(-c4ccccc4)nc(-c4ccc5c(c4)-c4ccccc4C54c5ccccc5C5(c6ccccc6Sc6ccccc65)c5ccccc54)n3)c2)cc1. The van der Waals surface area contributed by atoms with Gasteiger partial charge in [-0.2, -0.15) is 0 Å². The second-order valence-corrected chi connectivity index (χ2v) is 17.7. The summed E-state index contributed by atoms with van der Waals surface area (Å²) in [6.45, 7) is 0. The molecular formula is C59H37N3S. The number of hydrogen-bond donors (Lipinski definition) is 0. The van der Waals surface area contributed by atoms with Crippen LogP contribution in [0.4, 0.5) is 0 Å². The van der Waals surface area contributed by atoms with Crippen LogP contribution in [0, 0.1) is 0 Å². The molecule has 2 heterocycles. The van der Waals surface area contributed by atoms with Crippen LogP contribution >= 0.6 is 11.8 Å². The highest BCUT2D eigenvalue weighted by Crippen LogP contribution is 2.67. The van der Waals surface area contributed by atoms with Crippen LogP contribution in [0.2, 0.25) is 0 Å².